The van der Waals surface area contributed by atoms with Crippen LogP contribution in [0, 0.1) is 5.82 Å². The second kappa shape index (κ2) is 7.45. The van der Waals surface area contributed by atoms with Crippen molar-refractivity contribution in [2.45, 2.75) is 19.4 Å². The highest BCUT2D eigenvalue weighted by molar-refractivity contribution is 5.76. The molecule has 24 heavy (non-hydrogen) atoms. The lowest BCUT2D eigenvalue weighted by molar-refractivity contribution is -0.121. The molecule has 1 N–H and O–H groups in total. The van der Waals surface area contributed by atoms with Gasteiger partial charge in [-0.3, -0.25) is 9.78 Å². The van der Waals surface area contributed by atoms with Gasteiger partial charge in [-0.2, -0.15) is 0 Å². The van der Waals surface area contributed by atoms with Gasteiger partial charge in [-0.05, 0) is 29.8 Å². The first-order chi connectivity index (χ1) is 11.7. The smallest absolute Gasteiger partial charge is 0.250 e. The normalized spacial score (nSPS) is 10.5. The number of hydrogen-bond donors (Lipinski definition) is 1. The molecule has 122 valence electrons. The van der Waals surface area contributed by atoms with Crippen molar-refractivity contribution < 1.29 is 13.6 Å². The zero-order valence-electron chi connectivity index (χ0n) is 12.8. The van der Waals surface area contributed by atoms with Crippen LogP contribution in [0.15, 0.2) is 53.2 Å². The number of nitrogens with one attached hydrogen (secondary N) is 1. The first-order valence-corrected chi connectivity index (χ1v) is 7.45. The Kier molecular flexibility index (Phi) is 4.90. The van der Waals surface area contributed by atoms with Gasteiger partial charge in [0.25, 0.3) is 5.89 Å². The fourth-order valence-electron chi connectivity index (χ4n) is 2.11. The first kappa shape index (κ1) is 15.8. The largest absolute Gasteiger partial charge is 0.421 e. The Morgan fingerprint density at radius 2 is 1.92 bits per heavy atom. The molecule has 0 saturated heterocycles. The maximum Gasteiger partial charge on any atom is 0.250 e. The number of pyridine rings is 1. The molecule has 2 aromatic heterocycles. The van der Waals surface area contributed by atoms with Crippen LogP contribution in [0.5, 0.6) is 0 Å². The van der Waals surface area contributed by atoms with E-state index in [1.807, 2.05) is 12.1 Å². The van der Waals surface area contributed by atoms with E-state index in [-0.39, 0.29) is 23.8 Å². The molecule has 1 amide bonds. The summed E-state index contributed by atoms with van der Waals surface area (Å²) in [5.41, 5.74) is 1.22. The molecule has 0 aliphatic carbocycles. The summed E-state index contributed by atoms with van der Waals surface area (Å²) in [4.78, 5) is 15.8. The fraction of sp³-hybridized carbons (Fsp3) is 0.176. The molecule has 2 heterocycles. The van der Waals surface area contributed by atoms with E-state index in [4.69, 9.17) is 4.42 Å². The number of rotatable bonds is 6. The first-order valence-electron chi connectivity index (χ1n) is 7.45. The molecule has 0 aliphatic heterocycles. The van der Waals surface area contributed by atoms with Crippen LogP contribution in [0.25, 0.3) is 11.5 Å². The van der Waals surface area contributed by atoms with Crippen LogP contribution < -0.4 is 5.32 Å². The van der Waals surface area contributed by atoms with E-state index in [0.29, 0.717) is 18.9 Å². The Balaban J connectivity index is 1.52. The molecule has 3 rings (SSSR count). The molecule has 0 radical (unpaired) electrons. The summed E-state index contributed by atoms with van der Waals surface area (Å²) in [6, 6.07) is 9.83. The van der Waals surface area contributed by atoms with Crippen molar-refractivity contribution in [3.8, 4) is 11.5 Å². The van der Waals surface area contributed by atoms with Crippen molar-refractivity contribution in [3.05, 3.63) is 66.1 Å². The molecule has 0 bridgehead atoms. The van der Waals surface area contributed by atoms with Gasteiger partial charge in [0.1, 0.15) is 5.82 Å². The van der Waals surface area contributed by atoms with Crippen molar-refractivity contribution >= 4 is 5.91 Å². The van der Waals surface area contributed by atoms with Gasteiger partial charge in [0.05, 0.1) is 5.56 Å². The van der Waals surface area contributed by atoms with Crippen molar-refractivity contribution in [2.24, 2.45) is 0 Å². The molecule has 7 heteroatoms. The van der Waals surface area contributed by atoms with Crippen LogP contribution in [0.3, 0.4) is 0 Å². The van der Waals surface area contributed by atoms with Crippen molar-refractivity contribution in [1.82, 2.24) is 20.5 Å². The summed E-state index contributed by atoms with van der Waals surface area (Å²) in [6.07, 6.45) is 3.85. The Hall–Kier alpha value is -3.09. The van der Waals surface area contributed by atoms with E-state index in [0.717, 1.165) is 5.56 Å². The summed E-state index contributed by atoms with van der Waals surface area (Å²) in [5.74, 6) is -0.146. The monoisotopic (exact) mass is 326 g/mol. The predicted octanol–water partition coefficient (Wildman–Crippen LogP) is 2.52. The third-order valence-corrected chi connectivity index (χ3v) is 3.38. The summed E-state index contributed by atoms with van der Waals surface area (Å²) in [5, 5.41) is 10.5. The molecule has 3 aromatic rings. The standard InChI is InChI=1S/C17H15FN4O2/c18-14-4-2-1-3-13(14)17-22-21-16(24-17)6-5-15(23)20-11-12-7-9-19-10-8-12/h1-4,7-10H,5-6,11H2,(H,20,23). The molecule has 0 unspecified atom stereocenters. The highest BCUT2D eigenvalue weighted by Crippen LogP contribution is 2.21. The minimum atomic E-state index is -0.428. The Morgan fingerprint density at radius 1 is 1.12 bits per heavy atom. The number of aryl methyl sites for hydroxylation is 1. The molecular formula is C17H15FN4O2. The van der Waals surface area contributed by atoms with Crippen LogP contribution >= 0.6 is 0 Å². The predicted molar refractivity (Wildman–Crippen MR) is 84.1 cm³/mol. The summed E-state index contributed by atoms with van der Waals surface area (Å²) in [7, 11) is 0. The summed E-state index contributed by atoms with van der Waals surface area (Å²) >= 11 is 0. The fourth-order valence-corrected chi connectivity index (χ4v) is 2.11. The molecule has 1 aromatic carbocycles. The maximum atomic E-state index is 13.7. The zero-order chi connectivity index (χ0) is 16.8. The van der Waals surface area contributed by atoms with Crippen molar-refractivity contribution in [1.29, 1.82) is 0 Å². The Morgan fingerprint density at radius 3 is 2.71 bits per heavy atom. The van der Waals surface area contributed by atoms with Crippen LogP contribution in [0.4, 0.5) is 4.39 Å². The lowest BCUT2D eigenvalue weighted by Crippen LogP contribution is -2.23. The lowest BCUT2D eigenvalue weighted by atomic mass is 10.2. The average Bonchev–Trinajstić information content (AvgIpc) is 3.08. The molecule has 0 spiro atoms. The number of hydrogen-bond acceptors (Lipinski definition) is 5. The number of nitrogens with zero attached hydrogens (tertiary/aromatic N) is 3. The van der Waals surface area contributed by atoms with Gasteiger partial charge in [0.15, 0.2) is 0 Å². The van der Waals surface area contributed by atoms with E-state index in [2.05, 4.69) is 20.5 Å². The average molecular weight is 326 g/mol. The third-order valence-electron chi connectivity index (χ3n) is 3.38. The minimum absolute atomic E-state index is 0.111. The number of amides is 1. The van der Waals surface area contributed by atoms with E-state index in [1.165, 1.54) is 6.07 Å². The summed E-state index contributed by atoms with van der Waals surface area (Å²) in [6.45, 7) is 0.436. The van der Waals surface area contributed by atoms with Gasteiger partial charge >= 0.3 is 0 Å². The van der Waals surface area contributed by atoms with Gasteiger partial charge in [0, 0.05) is 31.8 Å². The number of aromatic nitrogens is 3. The number of benzene rings is 1. The van der Waals surface area contributed by atoms with Gasteiger partial charge in [-0.25, -0.2) is 4.39 Å². The van der Waals surface area contributed by atoms with E-state index in [9.17, 15) is 9.18 Å². The van der Waals surface area contributed by atoms with E-state index < -0.39 is 5.82 Å². The van der Waals surface area contributed by atoms with E-state index in [1.54, 1.807) is 30.6 Å². The lowest BCUT2D eigenvalue weighted by Gasteiger charge is -2.03. The molecule has 0 atom stereocenters. The second-order valence-electron chi connectivity index (χ2n) is 5.11. The van der Waals surface area contributed by atoms with Gasteiger partial charge < -0.3 is 9.73 Å². The van der Waals surface area contributed by atoms with Crippen molar-refractivity contribution in [2.75, 3.05) is 0 Å². The maximum absolute atomic E-state index is 13.7. The highest BCUT2D eigenvalue weighted by Gasteiger charge is 2.13. The van der Waals surface area contributed by atoms with E-state index >= 15 is 0 Å². The highest BCUT2D eigenvalue weighted by atomic mass is 19.1. The molecule has 0 saturated carbocycles. The summed E-state index contributed by atoms with van der Waals surface area (Å²) < 4.78 is 19.1. The van der Waals surface area contributed by atoms with Gasteiger partial charge in [0.2, 0.25) is 11.8 Å². The van der Waals surface area contributed by atoms with Gasteiger partial charge in [-0.15, -0.1) is 10.2 Å². The quantitative estimate of drug-likeness (QED) is 0.753. The molecule has 0 aliphatic rings. The number of carbonyl (C=O) groups is 1. The van der Waals surface area contributed by atoms with Crippen LogP contribution in [0.1, 0.15) is 17.9 Å². The molecular weight excluding hydrogens is 311 g/mol. The third kappa shape index (κ3) is 4.01. The molecule has 0 fully saturated rings. The van der Waals surface area contributed by atoms with Crippen LogP contribution in [0.2, 0.25) is 0 Å². The van der Waals surface area contributed by atoms with Crippen molar-refractivity contribution in [3.63, 3.8) is 0 Å². The van der Waals surface area contributed by atoms with Gasteiger partial charge in [-0.1, -0.05) is 12.1 Å². The zero-order valence-corrected chi connectivity index (χ0v) is 12.8. The molecule has 6 nitrogen and oxygen atoms in total. The topological polar surface area (TPSA) is 80.9 Å². The Bertz CT molecular complexity index is 820. The number of halogens is 1. The number of carbonyl (C=O) groups excluding carboxylic acids is 1. The minimum Gasteiger partial charge on any atom is -0.421 e. The second-order valence-corrected chi connectivity index (χ2v) is 5.11. The van der Waals surface area contributed by atoms with Crippen LogP contribution in [-0.2, 0) is 17.8 Å². The van der Waals surface area contributed by atoms with Crippen LogP contribution in [-0.4, -0.2) is 21.1 Å². The Labute approximate surface area is 137 Å². The SMILES string of the molecule is O=C(CCc1nnc(-c2ccccc2F)o1)NCc1ccncc1.